The Labute approximate surface area is 144 Å². The summed E-state index contributed by atoms with van der Waals surface area (Å²) in [7, 11) is 0. The third-order valence-corrected chi connectivity index (χ3v) is 4.06. The van der Waals surface area contributed by atoms with Crippen LogP contribution in [0.2, 0.25) is 0 Å². The molecule has 0 saturated carbocycles. The number of amides is 1. The molecular formula is C15H18ClN5O3. The number of hydrogen-bond acceptors (Lipinski definition) is 5. The lowest BCUT2D eigenvalue weighted by Gasteiger charge is -2.15. The van der Waals surface area contributed by atoms with E-state index in [1.54, 1.807) is 4.90 Å². The molecule has 1 aliphatic rings. The van der Waals surface area contributed by atoms with Gasteiger partial charge in [0.2, 0.25) is 5.91 Å². The Bertz CT molecular complexity index is 721. The number of carbonyl (C=O) groups is 1. The molecular weight excluding hydrogens is 334 g/mol. The first kappa shape index (κ1) is 17.9. The molecule has 3 rings (SSSR count). The first-order valence-corrected chi connectivity index (χ1v) is 7.31. The van der Waals surface area contributed by atoms with E-state index in [1.165, 1.54) is 16.9 Å². The van der Waals surface area contributed by atoms with Gasteiger partial charge in [-0.05, 0) is 10.5 Å². The number of rotatable bonds is 4. The molecule has 1 aromatic heterocycles. The van der Waals surface area contributed by atoms with Gasteiger partial charge in [0.1, 0.15) is 6.54 Å². The minimum absolute atomic E-state index is 0. The van der Waals surface area contributed by atoms with Gasteiger partial charge in [0.05, 0.1) is 17.4 Å². The van der Waals surface area contributed by atoms with Gasteiger partial charge in [-0.15, -0.1) is 12.4 Å². The molecule has 128 valence electrons. The Balaban J connectivity index is 0.00000208. The fourth-order valence-electron chi connectivity index (χ4n) is 2.86. The average molecular weight is 352 g/mol. The summed E-state index contributed by atoms with van der Waals surface area (Å²) in [6.45, 7) is 0.997. The molecule has 2 heterocycles. The van der Waals surface area contributed by atoms with Crippen LogP contribution in [0.15, 0.2) is 42.6 Å². The molecule has 2 atom stereocenters. The van der Waals surface area contributed by atoms with Gasteiger partial charge >= 0.3 is 5.82 Å². The van der Waals surface area contributed by atoms with E-state index in [0.717, 1.165) is 5.56 Å². The Kier molecular flexibility index (Phi) is 5.53. The van der Waals surface area contributed by atoms with Crippen molar-refractivity contribution < 1.29 is 9.72 Å². The van der Waals surface area contributed by atoms with Gasteiger partial charge in [-0.2, -0.15) is 4.68 Å². The van der Waals surface area contributed by atoms with Gasteiger partial charge < -0.3 is 20.7 Å². The van der Waals surface area contributed by atoms with Crippen molar-refractivity contribution >= 4 is 24.1 Å². The van der Waals surface area contributed by atoms with Crippen LogP contribution in [0.25, 0.3) is 0 Å². The summed E-state index contributed by atoms with van der Waals surface area (Å²) in [5.41, 5.74) is 7.29. The standard InChI is InChI=1S/C15H17N5O3.ClH/c16-13-9-18(8-12(13)11-4-2-1-3-5-11)15(21)10-19-7-6-14(17-19)20(22)23;/h1-7,12-13H,8-10,16H2;1H/t12-,13+;/m0./s1. The van der Waals surface area contributed by atoms with Crippen molar-refractivity contribution in [2.45, 2.75) is 18.5 Å². The predicted octanol–water partition coefficient (Wildman–Crippen LogP) is 1.17. The molecule has 0 spiro atoms. The minimum atomic E-state index is -0.585. The number of nitrogens with zero attached hydrogens (tertiary/aromatic N) is 4. The van der Waals surface area contributed by atoms with E-state index in [2.05, 4.69) is 5.10 Å². The molecule has 1 aromatic carbocycles. The average Bonchev–Trinajstić information content (AvgIpc) is 3.15. The largest absolute Gasteiger partial charge is 0.389 e. The van der Waals surface area contributed by atoms with E-state index in [4.69, 9.17) is 5.73 Å². The molecule has 1 aliphatic heterocycles. The number of carbonyl (C=O) groups excluding carboxylic acids is 1. The van der Waals surface area contributed by atoms with Gasteiger partial charge in [0.25, 0.3) is 0 Å². The zero-order valence-electron chi connectivity index (χ0n) is 12.8. The number of benzene rings is 1. The zero-order chi connectivity index (χ0) is 16.4. The van der Waals surface area contributed by atoms with E-state index in [9.17, 15) is 14.9 Å². The Morgan fingerprint density at radius 1 is 1.29 bits per heavy atom. The number of nitrogens with two attached hydrogens (primary N) is 1. The molecule has 1 fully saturated rings. The van der Waals surface area contributed by atoms with Crippen molar-refractivity contribution in [1.82, 2.24) is 14.7 Å². The number of aromatic nitrogens is 2. The smallest absolute Gasteiger partial charge is 0.358 e. The normalized spacial score (nSPS) is 19.8. The van der Waals surface area contributed by atoms with Crippen molar-refractivity contribution in [3.8, 4) is 0 Å². The van der Waals surface area contributed by atoms with Gasteiger partial charge in [-0.3, -0.25) is 4.79 Å². The Morgan fingerprint density at radius 2 is 2.00 bits per heavy atom. The molecule has 9 heteroatoms. The van der Waals surface area contributed by atoms with Crippen molar-refractivity contribution in [1.29, 1.82) is 0 Å². The SMILES string of the molecule is Cl.N[C@@H]1CN(C(=O)Cn2ccc([N+](=O)[O-])n2)C[C@H]1c1ccccc1. The highest BCUT2D eigenvalue weighted by Crippen LogP contribution is 2.26. The minimum Gasteiger partial charge on any atom is -0.358 e. The Hall–Kier alpha value is -2.45. The second kappa shape index (κ2) is 7.41. The lowest BCUT2D eigenvalue weighted by molar-refractivity contribution is -0.389. The maximum atomic E-state index is 12.4. The van der Waals surface area contributed by atoms with Crippen molar-refractivity contribution in [2.75, 3.05) is 13.1 Å². The first-order valence-electron chi connectivity index (χ1n) is 7.31. The number of halogens is 1. The van der Waals surface area contributed by atoms with Crippen LogP contribution < -0.4 is 5.73 Å². The van der Waals surface area contributed by atoms with Crippen LogP contribution in [-0.2, 0) is 11.3 Å². The first-order chi connectivity index (χ1) is 11.0. The third kappa shape index (κ3) is 3.72. The number of nitro groups is 1. The molecule has 0 aliphatic carbocycles. The Morgan fingerprint density at radius 3 is 2.62 bits per heavy atom. The van der Waals surface area contributed by atoms with Crippen LogP contribution in [0.4, 0.5) is 5.82 Å². The van der Waals surface area contributed by atoms with Gasteiger partial charge in [-0.25, -0.2) is 0 Å². The lowest BCUT2D eigenvalue weighted by atomic mass is 9.95. The van der Waals surface area contributed by atoms with Crippen LogP contribution in [0.3, 0.4) is 0 Å². The van der Waals surface area contributed by atoms with E-state index >= 15 is 0 Å². The molecule has 24 heavy (non-hydrogen) atoms. The zero-order valence-corrected chi connectivity index (χ0v) is 13.6. The maximum Gasteiger partial charge on any atom is 0.389 e. The van der Waals surface area contributed by atoms with Crippen LogP contribution in [0.5, 0.6) is 0 Å². The summed E-state index contributed by atoms with van der Waals surface area (Å²) in [5.74, 6) is -0.304. The van der Waals surface area contributed by atoms with Crippen molar-refractivity contribution in [3.05, 3.63) is 58.3 Å². The lowest BCUT2D eigenvalue weighted by Crippen LogP contribution is -2.34. The summed E-state index contributed by atoms with van der Waals surface area (Å²) in [6, 6.07) is 11.0. The molecule has 1 saturated heterocycles. The summed E-state index contributed by atoms with van der Waals surface area (Å²) in [4.78, 5) is 24.1. The maximum absolute atomic E-state index is 12.4. The molecule has 0 radical (unpaired) electrons. The van der Waals surface area contributed by atoms with Crippen molar-refractivity contribution in [3.63, 3.8) is 0 Å². The fraction of sp³-hybridized carbons (Fsp3) is 0.333. The van der Waals surface area contributed by atoms with Crippen LogP contribution in [0, 0.1) is 10.1 Å². The van der Waals surface area contributed by atoms with E-state index in [1.807, 2.05) is 30.3 Å². The monoisotopic (exact) mass is 351 g/mol. The molecule has 8 nitrogen and oxygen atoms in total. The van der Waals surface area contributed by atoms with Crippen LogP contribution in [0.1, 0.15) is 11.5 Å². The number of hydrogen-bond donors (Lipinski definition) is 1. The summed E-state index contributed by atoms with van der Waals surface area (Å²) in [5, 5.41) is 14.4. The molecule has 0 unspecified atom stereocenters. The van der Waals surface area contributed by atoms with E-state index in [0.29, 0.717) is 13.1 Å². The fourth-order valence-corrected chi connectivity index (χ4v) is 2.86. The molecule has 0 bridgehead atoms. The quantitative estimate of drug-likeness (QED) is 0.657. The van der Waals surface area contributed by atoms with Gasteiger partial charge in [-0.1, -0.05) is 30.3 Å². The van der Waals surface area contributed by atoms with Gasteiger partial charge in [0, 0.05) is 25.0 Å². The van der Waals surface area contributed by atoms with Crippen molar-refractivity contribution in [2.24, 2.45) is 5.73 Å². The summed E-state index contributed by atoms with van der Waals surface area (Å²) in [6.07, 6.45) is 1.43. The third-order valence-electron chi connectivity index (χ3n) is 4.06. The molecule has 2 N–H and O–H groups in total. The van der Waals surface area contributed by atoms with Crippen LogP contribution in [-0.4, -0.2) is 44.6 Å². The van der Waals surface area contributed by atoms with E-state index < -0.39 is 4.92 Å². The topological polar surface area (TPSA) is 107 Å². The predicted molar refractivity (Wildman–Crippen MR) is 89.9 cm³/mol. The second-order valence-corrected chi connectivity index (χ2v) is 5.61. The molecule has 1 amide bonds. The van der Waals surface area contributed by atoms with Gasteiger partial charge in [0.15, 0.2) is 0 Å². The summed E-state index contributed by atoms with van der Waals surface area (Å²) < 4.78 is 1.28. The highest BCUT2D eigenvalue weighted by Gasteiger charge is 2.34. The highest BCUT2D eigenvalue weighted by atomic mass is 35.5. The second-order valence-electron chi connectivity index (χ2n) is 5.61. The summed E-state index contributed by atoms with van der Waals surface area (Å²) >= 11 is 0. The number of likely N-dealkylation sites (tertiary alicyclic amines) is 1. The highest BCUT2D eigenvalue weighted by molar-refractivity contribution is 5.85. The molecule has 2 aromatic rings. The van der Waals surface area contributed by atoms with E-state index in [-0.39, 0.29) is 42.6 Å². The van der Waals surface area contributed by atoms with Crippen LogP contribution >= 0.6 is 12.4 Å².